The number of nitrogens with zero attached hydrogens (tertiary/aromatic N) is 3. The van der Waals surface area contributed by atoms with Gasteiger partial charge < -0.3 is 9.80 Å². The number of thiazole rings is 1. The Bertz CT molecular complexity index is 595. The van der Waals surface area contributed by atoms with E-state index in [1.165, 1.54) is 23.3 Å². The van der Waals surface area contributed by atoms with Crippen LogP contribution in [0, 0.1) is 12.8 Å². The quantitative estimate of drug-likeness (QED) is 0.738. The molecule has 0 bridgehead atoms. The van der Waals surface area contributed by atoms with E-state index >= 15 is 0 Å². The first-order valence-electron chi connectivity index (χ1n) is 9.15. The summed E-state index contributed by atoms with van der Waals surface area (Å²) >= 11 is 1.74. The first-order chi connectivity index (χ1) is 11.6. The van der Waals surface area contributed by atoms with Crippen LogP contribution in [0.25, 0.3) is 0 Å². The van der Waals surface area contributed by atoms with Gasteiger partial charge in [0, 0.05) is 37.5 Å². The van der Waals surface area contributed by atoms with Crippen LogP contribution >= 0.6 is 11.3 Å². The van der Waals surface area contributed by atoms with Crippen LogP contribution in [0.4, 0.5) is 0 Å². The third-order valence-corrected chi connectivity index (χ3v) is 6.15. The van der Waals surface area contributed by atoms with Crippen LogP contribution in [0.5, 0.6) is 0 Å². The van der Waals surface area contributed by atoms with Crippen LogP contribution in [-0.4, -0.2) is 47.4 Å². The zero-order chi connectivity index (χ0) is 16.9. The second-order valence-corrected chi connectivity index (χ2v) is 8.28. The molecule has 1 aliphatic heterocycles. The van der Waals surface area contributed by atoms with Crippen molar-refractivity contribution >= 4 is 17.2 Å². The minimum absolute atomic E-state index is 0.339. The summed E-state index contributed by atoms with van der Waals surface area (Å²) in [7, 11) is 2.18. The number of carbonyl (C=O) groups excluding carboxylic acids is 1. The number of rotatable bonds is 6. The number of hydrogen-bond acceptors (Lipinski definition) is 4. The Morgan fingerprint density at radius 2 is 2.33 bits per heavy atom. The molecule has 1 saturated heterocycles. The van der Waals surface area contributed by atoms with Crippen molar-refractivity contribution in [2.45, 2.75) is 52.0 Å². The van der Waals surface area contributed by atoms with Gasteiger partial charge in [-0.1, -0.05) is 11.6 Å². The topological polar surface area (TPSA) is 36.4 Å². The van der Waals surface area contributed by atoms with Gasteiger partial charge >= 0.3 is 0 Å². The number of carbonyl (C=O) groups is 1. The molecule has 1 fully saturated rings. The third kappa shape index (κ3) is 4.67. The monoisotopic (exact) mass is 347 g/mol. The summed E-state index contributed by atoms with van der Waals surface area (Å²) in [5.41, 5.74) is 4.44. The fourth-order valence-electron chi connectivity index (χ4n) is 3.81. The Balaban J connectivity index is 1.44. The molecule has 0 spiro atoms. The van der Waals surface area contributed by atoms with E-state index in [9.17, 15) is 4.79 Å². The van der Waals surface area contributed by atoms with Gasteiger partial charge in [-0.15, -0.1) is 11.3 Å². The highest BCUT2D eigenvalue weighted by atomic mass is 32.1. The number of amides is 1. The number of allylic oxidation sites excluding steroid dienone is 1. The average molecular weight is 348 g/mol. The summed E-state index contributed by atoms with van der Waals surface area (Å²) in [6, 6.07) is 0. The van der Waals surface area contributed by atoms with Crippen molar-refractivity contribution in [1.82, 2.24) is 14.8 Å². The van der Waals surface area contributed by atoms with Crippen LogP contribution in [0.2, 0.25) is 0 Å². The van der Waals surface area contributed by atoms with Crippen molar-refractivity contribution in [2.24, 2.45) is 5.92 Å². The molecule has 0 unspecified atom stereocenters. The first kappa shape index (κ1) is 17.6. The summed E-state index contributed by atoms with van der Waals surface area (Å²) in [4.78, 5) is 22.7. The highest BCUT2D eigenvalue weighted by molar-refractivity contribution is 7.09. The van der Waals surface area contributed by atoms with Crippen molar-refractivity contribution in [3.05, 3.63) is 27.7 Å². The lowest BCUT2D eigenvalue weighted by Crippen LogP contribution is -2.31. The van der Waals surface area contributed by atoms with Crippen molar-refractivity contribution < 1.29 is 4.79 Å². The second kappa shape index (κ2) is 8.26. The smallest absolute Gasteiger partial charge is 0.226 e. The van der Waals surface area contributed by atoms with Crippen LogP contribution < -0.4 is 0 Å². The van der Waals surface area contributed by atoms with E-state index in [2.05, 4.69) is 34.8 Å². The molecule has 1 aromatic heterocycles. The van der Waals surface area contributed by atoms with Crippen LogP contribution in [0.1, 0.15) is 49.1 Å². The zero-order valence-electron chi connectivity index (χ0n) is 15.0. The SMILES string of the molecule is Cc1ncsc1CN(C)C[C@@H]1CCN(C(=O)CC2=CCCCC2)C1. The molecule has 1 aromatic rings. The van der Waals surface area contributed by atoms with Crippen LogP contribution in [0.3, 0.4) is 0 Å². The largest absolute Gasteiger partial charge is 0.342 e. The van der Waals surface area contributed by atoms with Gasteiger partial charge in [0.25, 0.3) is 0 Å². The van der Waals surface area contributed by atoms with Gasteiger partial charge in [0.2, 0.25) is 5.91 Å². The summed E-state index contributed by atoms with van der Waals surface area (Å²) in [6.07, 6.45) is 8.91. The fourth-order valence-corrected chi connectivity index (χ4v) is 4.66. The number of likely N-dealkylation sites (tertiary alicyclic amines) is 1. The molecule has 1 aliphatic carbocycles. The Morgan fingerprint density at radius 3 is 3.04 bits per heavy atom. The minimum Gasteiger partial charge on any atom is -0.342 e. The molecule has 24 heavy (non-hydrogen) atoms. The molecule has 1 atom stereocenters. The van der Waals surface area contributed by atoms with Gasteiger partial charge in [0.15, 0.2) is 0 Å². The Hall–Kier alpha value is -1.20. The molecule has 0 aromatic carbocycles. The lowest BCUT2D eigenvalue weighted by atomic mass is 9.97. The maximum Gasteiger partial charge on any atom is 0.226 e. The summed E-state index contributed by atoms with van der Waals surface area (Å²) in [6.45, 7) is 5.97. The minimum atomic E-state index is 0.339. The fraction of sp³-hybridized carbons (Fsp3) is 0.684. The molecule has 1 amide bonds. The Kier molecular flexibility index (Phi) is 6.06. The van der Waals surface area contributed by atoms with Crippen molar-refractivity contribution in [3.63, 3.8) is 0 Å². The van der Waals surface area contributed by atoms with E-state index in [0.717, 1.165) is 51.1 Å². The lowest BCUT2D eigenvalue weighted by molar-refractivity contribution is -0.129. The molecule has 2 aliphatic rings. The Labute approximate surface area is 149 Å². The summed E-state index contributed by atoms with van der Waals surface area (Å²) in [5.74, 6) is 0.944. The van der Waals surface area contributed by atoms with E-state index in [-0.39, 0.29) is 0 Å². The van der Waals surface area contributed by atoms with Gasteiger partial charge in [0.05, 0.1) is 11.2 Å². The van der Waals surface area contributed by atoms with Gasteiger partial charge in [0.1, 0.15) is 0 Å². The lowest BCUT2D eigenvalue weighted by Gasteiger charge is -2.22. The molecule has 0 saturated carbocycles. The molecule has 3 rings (SSSR count). The third-order valence-electron chi connectivity index (χ3n) is 5.23. The molecule has 132 valence electrons. The van der Waals surface area contributed by atoms with E-state index in [1.807, 2.05) is 5.51 Å². The highest BCUT2D eigenvalue weighted by Gasteiger charge is 2.27. The van der Waals surface area contributed by atoms with Gasteiger partial charge in [-0.2, -0.15) is 0 Å². The van der Waals surface area contributed by atoms with Crippen molar-refractivity contribution in [3.8, 4) is 0 Å². The Morgan fingerprint density at radius 1 is 1.46 bits per heavy atom. The molecular formula is C19H29N3OS. The predicted molar refractivity (Wildman–Crippen MR) is 99.0 cm³/mol. The summed E-state index contributed by atoms with van der Waals surface area (Å²) < 4.78 is 0. The van der Waals surface area contributed by atoms with E-state index in [1.54, 1.807) is 11.3 Å². The highest BCUT2D eigenvalue weighted by Crippen LogP contribution is 2.24. The zero-order valence-corrected chi connectivity index (χ0v) is 15.8. The van der Waals surface area contributed by atoms with Gasteiger partial charge in [-0.05, 0) is 52.0 Å². The number of aryl methyl sites for hydroxylation is 1. The average Bonchev–Trinajstić information content (AvgIpc) is 3.18. The molecule has 5 heteroatoms. The molecule has 4 nitrogen and oxygen atoms in total. The van der Waals surface area contributed by atoms with Gasteiger partial charge in [-0.3, -0.25) is 4.79 Å². The van der Waals surface area contributed by atoms with E-state index in [0.29, 0.717) is 18.2 Å². The van der Waals surface area contributed by atoms with E-state index < -0.39 is 0 Å². The molecule has 0 N–H and O–H groups in total. The summed E-state index contributed by atoms with van der Waals surface area (Å²) in [5, 5.41) is 0. The van der Waals surface area contributed by atoms with E-state index in [4.69, 9.17) is 0 Å². The first-order valence-corrected chi connectivity index (χ1v) is 10.0. The van der Waals surface area contributed by atoms with Crippen LogP contribution in [-0.2, 0) is 11.3 Å². The van der Waals surface area contributed by atoms with Crippen LogP contribution in [0.15, 0.2) is 17.2 Å². The van der Waals surface area contributed by atoms with Crippen molar-refractivity contribution in [1.29, 1.82) is 0 Å². The predicted octanol–water partition coefficient (Wildman–Crippen LogP) is 3.62. The second-order valence-electron chi connectivity index (χ2n) is 7.34. The molecule has 0 radical (unpaired) electrons. The maximum atomic E-state index is 12.5. The molecular weight excluding hydrogens is 318 g/mol. The van der Waals surface area contributed by atoms with Gasteiger partial charge in [-0.25, -0.2) is 4.98 Å². The number of hydrogen-bond donors (Lipinski definition) is 0. The molecule has 2 heterocycles. The number of aromatic nitrogens is 1. The normalized spacial score (nSPS) is 21.4. The standard InChI is InChI=1S/C19H29N3OS/c1-15-18(24-14-20-15)13-21(2)11-17-8-9-22(12-17)19(23)10-16-6-4-3-5-7-16/h6,14,17H,3-5,7-13H2,1-2H3/t17-/m0/s1. The maximum absolute atomic E-state index is 12.5. The van der Waals surface area contributed by atoms with Crippen molar-refractivity contribution in [2.75, 3.05) is 26.7 Å².